The normalized spacial score (nSPS) is 11.3. The van der Waals surface area contributed by atoms with Gasteiger partial charge >= 0.3 is 0 Å². The van der Waals surface area contributed by atoms with E-state index in [4.69, 9.17) is 0 Å². The molecule has 3 aromatic rings. The topological polar surface area (TPSA) is 65.8 Å². The van der Waals surface area contributed by atoms with Gasteiger partial charge in [-0.25, -0.2) is 4.98 Å². The van der Waals surface area contributed by atoms with E-state index in [1.165, 1.54) is 18.3 Å². The lowest BCUT2D eigenvalue weighted by Gasteiger charge is -1.99. The quantitative estimate of drug-likeness (QED) is 0.636. The monoisotopic (exact) mass is 371 g/mol. The van der Waals surface area contributed by atoms with Crippen LogP contribution in [0.1, 0.15) is 22.4 Å². The summed E-state index contributed by atoms with van der Waals surface area (Å²) in [4.78, 5) is 18.1. The molecule has 1 N–H and O–H groups in total. The molecule has 120 valence electrons. The maximum absolute atomic E-state index is 11.5. The smallest absolute Gasteiger partial charge is 0.221 e. The summed E-state index contributed by atoms with van der Waals surface area (Å²) in [7, 11) is 0. The van der Waals surface area contributed by atoms with E-state index >= 15 is 0 Å². The maximum Gasteiger partial charge on any atom is 0.221 e. The second-order valence-corrected chi connectivity index (χ2v) is 7.89. The molecule has 1 amide bonds. The number of carbonyl (C=O) groups is 1. The van der Waals surface area contributed by atoms with E-state index in [-0.39, 0.29) is 5.91 Å². The van der Waals surface area contributed by atoms with Crippen LogP contribution in [0.5, 0.6) is 0 Å². The van der Waals surface area contributed by atoms with Gasteiger partial charge in [0.1, 0.15) is 21.8 Å². The van der Waals surface area contributed by atoms with E-state index < -0.39 is 0 Å². The van der Waals surface area contributed by atoms with E-state index in [0.29, 0.717) is 21.3 Å². The number of nitriles is 1. The fourth-order valence-corrected chi connectivity index (χ4v) is 4.70. The number of thiazole rings is 1. The lowest BCUT2D eigenvalue weighted by atomic mass is 10.2. The minimum absolute atomic E-state index is 0.153. The van der Waals surface area contributed by atoms with Crippen LogP contribution in [0.25, 0.3) is 22.2 Å². The van der Waals surface area contributed by atoms with E-state index in [0.717, 1.165) is 15.3 Å². The summed E-state index contributed by atoms with van der Waals surface area (Å²) in [5.41, 5.74) is 2.34. The van der Waals surface area contributed by atoms with Crippen molar-refractivity contribution in [2.24, 2.45) is 0 Å². The van der Waals surface area contributed by atoms with Gasteiger partial charge in [0.25, 0.3) is 0 Å². The van der Waals surface area contributed by atoms with Crippen LogP contribution in [-0.2, 0) is 4.79 Å². The summed E-state index contributed by atoms with van der Waals surface area (Å²) in [5.74, 6) is -0.153. The molecular weight excluding hydrogens is 358 g/mol. The third kappa shape index (κ3) is 3.46. The number of carbonyl (C=O) groups excluding carboxylic acids is 1. The van der Waals surface area contributed by atoms with Gasteiger partial charge in [0.2, 0.25) is 5.91 Å². The first-order valence-corrected chi connectivity index (χ1v) is 9.64. The molecule has 0 fully saturated rings. The van der Waals surface area contributed by atoms with Gasteiger partial charge in [-0.15, -0.1) is 22.7 Å². The number of rotatable bonds is 4. The fourth-order valence-electron chi connectivity index (χ4n) is 2.07. The van der Waals surface area contributed by atoms with Crippen molar-refractivity contribution in [3.8, 4) is 16.6 Å². The molecule has 3 heterocycles. The summed E-state index contributed by atoms with van der Waals surface area (Å²) >= 11 is 4.46. The van der Waals surface area contributed by atoms with E-state index in [1.54, 1.807) is 22.7 Å². The second-order valence-electron chi connectivity index (χ2n) is 4.99. The van der Waals surface area contributed by atoms with Crippen molar-refractivity contribution in [3.63, 3.8) is 0 Å². The molecule has 7 heteroatoms. The van der Waals surface area contributed by atoms with E-state index in [2.05, 4.69) is 16.4 Å². The van der Waals surface area contributed by atoms with Crippen LogP contribution < -0.4 is 5.32 Å². The second kappa shape index (κ2) is 7.09. The molecule has 3 rings (SSSR count). The molecule has 0 bridgehead atoms. The van der Waals surface area contributed by atoms with Crippen LogP contribution in [0, 0.1) is 18.3 Å². The zero-order valence-electron chi connectivity index (χ0n) is 13.0. The van der Waals surface area contributed by atoms with Crippen molar-refractivity contribution < 1.29 is 4.79 Å². The lowest BCUT2D eigenvalue weighted by Crippen LogP contribution is -2.04. The minimum atomic E-state index is -0.153. The third-order valence-corrected chi connectivity index (χ3v) is 6.05. The molecule has 0 unspecified atom stereocenters. The van der Waals surface area contributed by atoms with E-state index in [1.807, 2.05) is 42.0 Å². The average Bonchev–Trinajstić information content (AvgIpc) is 3.25. The molecule has 0 aliphatic rings. The SMILES string of the molecule is CC(=O)Nc1sc(/C(C#N)=C/c2sccc2C)nc1-c1cccs1. The Labute approximate surface area is 151 Å². The molecule has 0 saturated carbocycles. The number of hydrogen-bond acceptors (Lipinski definition) is 6. The van der Waals surface area contributed by atoms with Gasteiger partial charge in [-0.3, -0.25) is 4.79 Å². The van der Waals surface area contributed by atoms with Crippen LogP contribution in [-0.4, -0.2) is 10.9 Å². The zero-order chi connectivity index (χ0) is 17.1. The Morgan fingerprint density at radius 1 is 1.33 bits per heavy atom. The Morgan fingerprint density at radius 3 is 2.75 bits per heavy atom. The Hall–Kier alpha value is -2.27. The fraction of sp³-hybridized carbons (Fsp3) is 0.118. The number of thiophene rings is 2. The van der Waals surface area contributed by atoms with Gasteiger partial charge in [0.05, 0.1) is 10.5 Å². The highest BCUT2D eigenvalue weighted by atomic mass is 32.1. The summed E-state index contributed by atoms with van der Waals surface area (Å²) in [5, 5.41) is 17.6. The number of allylic oxidation sites excluding steroid dienone is 1. The van der Waals surface area contributed by atoms with Crippen molar-refractivity contribution in [3.05, 3.63) is 44.4 Å². The van der Waals surface area contributed by atoms with Crippen molar-refractivity contribution in [1.29, 1.82) is 5.26 Å². The highest BCUT2D eigenvalue weighted by molar-refractivity contribution is 7.19. The van der Waals surface area contributed by atoms with Crippen molar-refractivity contribution in [2.45, 2.75) is 13.8 Å². The molecular formula is C17H13N3OS3. The summed E-state index contributed by atoms with van der Waals surface area (Å²) < 4.78 is 0. The van der Waals surface area contributed by atoms with Gasteiger partial charge in [-0.1, -0.05) is 17.4 Å². The van der Waals surface area contributed by atoms with Crippen molar-refractivity contribution in [2.75, 3.05) is 5.32 Å². The molecule has 0 aromatic carbocycles. The molecule has 4 nitrogen and oxygen atoms in total. The van der Waals surface area contributed by atoms with Crippen LogP contribution in [0.3, 0.4) is 0 Å². The summed E-state index contributed by atoms with van der Waals surface area (Å²) in [6.45, 7) is 3.48. The van der Waals surface area contributed by atoms with Crippen LogP contribution in [0.2, 0.25) is 0 Å². The highest BCUT2D eigenvalue weighted by Crippen LogP contribution is 2.38. The Kier molecular flexibility index (Phi) is 4.90. The molecule has 0 aliphatic heterocycles. The minimum Gasteiger partial charge on any atom is -0.316 e. The maximum atomic E-state index is 11.5. The molecule has 24 heavy (non-hydrogen) atoms. The first kappa shape index (κ1) is 16.6. The van der Waals surface area contributed by atoms with E-state index in [9.17, 15) is 10.1 Å². The summed E-state index contributed by atoms with van der Waals surface area (Å²) in [6.07, 6.45) is 1.86. The molecule has 3 aromatic heterocycles. The largest absolute Gasteiger partial charge is 0.316 e. The molecule has 0 aliphatic carbocycles. The molecule has 0 radical (unpaired) electrons. The number of hydrogen-bond donors (Lipinski definition) is 1. The highest BCUT2D eigenvalue weighted by Gasteiger charge is 2.17. The van der Waals surface area contributed by atoms with Crippen LogP contribution in [0.15, 0.2) is 29.0 Å². The first-order valence-electron chi connectivity index (χ1n) is 7.07. The predicted molar refractivity (Wildman–Crippen MR) is 102 cm³/mol. The Balaban J connectivity index is 2.08. The number of aryl methyl sites for hydroxylation is 1. The summed E-state index contributed by atoms with van der Waals surface area (Å²) in [6, 6.07) is 8.14. The van der Waals surface area contributed by atoms with Gasteiger partial charge in [-0.2, -0.15) is 5.26 Å². The Bertz CT molecular complexity index is 942. The first-order chi connectivity index (χ1) is 11.6. The van der Waals surface area contributed by atoms with Gasteiger partial charge in [-0.05, 0) is 41.5 Å². The number of nitrogens with zero attached hydrogens (tertiary/aromatic N) is 2. The van der Waals surface area contributed by atoms with Gasteiger partial charge in [0.15, 0.2) is 0 Å². The number of aromatic nitrogens is 1. The lowest BCUT2D eigenvalue weighted by molar-refractivity contribution is -0.114. The molecule has 0 saturated heterocycles. The third-order valence-electron chi connectivity index (χ3n) is 3.20. The standard InChI is InChI=1S/C17H13N3OS3/c1-10-5-7-23-14(10)8-12(9-18)16-20-15(13-4-3-6-22-13)17(24-16)19-11(2)21/h3-8H,1-2H3,(H,19,21)/b12-8+. The van der Waals surface area contributed by atoms with Gasteiger partial charge in [0, 0.05) is 11.8 Å². The number of anilines is 1. The Morgan fingerprint density at radius 2 is 2.17 bits per heavy atom. The number of nitrogens with one attached hydrogen (secondary N) is 1. The molecule has 0 atom stereocenters. The van der Waals surface area contributed by atoms with Crippen LogP contribution in [0.4, 0.5) is 5.00 Å². The van der Waals surface area contributed by atoms with Crippen LogP contribution >= 0.6 is 34.0 Å². The van der Waals surface area contributed by atoms with Crippen molar-refractivity contribution in [1.82, 2.24) is 4.98 Å². The molecule has 0 spiro atoms. The van der Waals surface area contributed by atoms with Gasteiger partial charge < -0.3 is 5.32 Å². The number of amides is 1. The predicted octanol–water partition coefficient (Wildman–Crippen LogP) is 5.26. The van der Waals surface area contributed by atoms with Crippen molar-refractivity contribution >= 4 is 56.6 Å². The average molecular weight is 372 g/mol. The zero-order valence-corrected chi connectivity index (χ0v) is 15.4.